The average molecular weight is 293 g/mol. The number of hydrogen-bond acceptors (Lipinski definition) is 5. The zero-order valence-corrected chi connectivity index (χ0v) is 12.5. The fourth-order valence-electron chi connectivity index (χ4n) is 2.49. The molecule has 1 aromatic carbocycles. The monoisotopic (exact) mass is 293 g/mol. The van der Waals surface area contributed by atoms with E-state index in [1.807, 2.05) is 19.1 Å². The molecule has 0 bridgehead atoms. The van der Waals surface area contributed by atoms with Crippen molar-refractivity contribution in [3.05, 3.63) is 29.3 Å². The lowest BCUT2D eigenvalue weighted by atomic mass is 9.89. The molecule has 1 fully saturated rings. The Labute approximate surface area is 124 Å². The normalized spacial score (nSPS) is 21.9. The highest BCUT2D eigenvalue weighted by Crippen LogP contribution is 2.25. The predicted molar refractivity (Wildman–Crippen MR) is 80.8 cm³/mol. The lowest BCUT2D eigenvalue weighted by Gasteiger charge is -2.35. The van der Waals surface area contributed by atoms with Crippen LogP contribution in [-0.4, -0.2) is 36.9 Å². The molecule has 0 aliphatic heterocycles. The highest BCUT2D eigenvalue weighted by atomic mass is 16.5. The Hall–Kier alpha value is -1.79. The van der Waals surface area contributed by atoms with Crippen LogP contribution in [0.15, 0.2) is 23.4 Å². The van der Waals surface area contributed by atoms with Crippen LogP contribution >= 0.6 is 0 Å². The lowest BCUT2D eigenvalue weighted by Crippen LogP contribution is -2.45. The van der Waals surface area contributed by atoms with Gasteiger partial charge in [-0.25, -0.2) is 0 Å². The highest BCUT2D eigenvalue weighted by molar-refractivity contribution is 5.97. The molecule has 0 radical (unpaired) electrons. The van der Waals surface area contributed by atoms with Gasteiger partial charge in [0, 0.05) is 30.3 Å². The van der Waals surface area contributed by atoms with Gasteiger partial charge in [-0.15, -0.1) is 0 Å². The molecule has 21 heavy (non-hydrogen) atoms. The summed E-state index contributed by atoms with van der Waals surface area (Å²) in [5.41, 5.74) is 7.29. The number of ether oxygens (including phenoxy) is 2. The van der Waals surface area contributed by atoms with Gasteiger partial charge < -0.3 is 25.7 Å². The van der Waals surface area contributed by atoms with Gasteiger partial charge in [0.1, 0.15) is 5.75 Å². The van der Waals surface area contributed by atoms with E-state index in [9.17, 15) is 0 Å². The lowest BCUT2D eigenvalue weighted by molar-refractivity contribution is -0.0102. The first-order valence-corrected chi connectivity index (χ1v) is 7.17. The van der Waals surface area contributed by atoms with Gasteiger partial charge in [0.05, 0.1) is 13.2 Å². The van der Waals surface area contributed by atoms with Gasteiger partial charge in [-0.3, -0.25) is 0 Å². The molecule has 0 atom stereocenters. The van der Waals surface area contributed by atoms with Gasteiger partial charge in [0.15, 0.2) is 5.84 Å². The molecule has 0 unspecified atom stereocenters. The van der Waals surface area contributed by atoms with Crippen molar-refractivity contribution in [2.24, 2.45) is 10.9 Å². The maximum absolute atomic E-state index is 8.75. The Kier molecular flexibility index (Phi) is 5.41. The van der Waals surface area contributed by atoms with Crippen molar-refractivity contribution in [3.63, 3.8) is 0 Å². The van der Waals surface area contributed by atoms with Crippen LogP contribution in [0.5, 0.6) is 5.75 Å². The fourth-order valence-corrected chi connectivity index (χ4v) is 2.49. The number of benzene rings is 1. The van der Waals surface area contributed by atoms with Crippen molar-refractivity contribution >= 4 is 5.84 Å². The topological polar surface area (TPSA) is 89.1 Å². The van der Waals surface area contributed by atoms with E-state index in [0.717, 1.165) is 30.8 Å². The molecule has 0 saturated heterocycles. The molecule has 1 aliphatic carbocycles. The SMILES string of the molecule is CCOC1CC(NCc2cc(/C(N)=N/O)ccc2OC)C1. The molecular formula is C15H23N3O3. The Morgan fingerprint density at radius 2 is 2.24 bits per heavy atom. The van der Waals surface area contributed by atoms with Gasteiger partial charge in [-0.2, -0.15) is 0 Å². The minimum Gasteiger partial charge on any atom is -0.496 e. The molecule has 0 amide bonds. The van der Waals surface area contributed by atoms with Crippen LogP contribution in [0, 0.1) is 0 Å². The zero-order valence-electron chi connectivity index (χ0n) is 12.5. The van der Waals surface area contributed by atoms with Crippen LogP contribution in [0.1, 0.15) is 30.9 Å². The summed E-state index contributed by atoms with van der Waals surface area (Å²) in [6.07, 6.45) is 2.46. The van der Waals surface area contributed by atoms with E-state index >= 15 is 0 Å². The van der Waals surface area contributed by atoms with E-state index in [1.54, 1.807) is 13.2 Å². The summed E-state index contributed by atoms with van der Waals surface area (Å²) in [7, 11) is 1.64. The van der Waals surface area contributed by atoms with E-state index in [2.05, 4.69) is 10.5 Å². The summed E-state index contributed by atoms with van der Waals surface area (Å²) in [4.78, 5) is 0. The van der Waals surface area contributed by atoms with E-state index in [0.29, 0.717) is 24.3 Å². The van der Waals surface area contributed by atoms with Crippen LogP contribution in [0.3, 0.4) is 0 Å². The second-order valence-electron chi connectivity index (χ2n) is 5.14. The van der Waals surface area contributed by atoms with E-state index in [-0.39, 0.29) is 5.84 Å². The third kappa shape index (κ3) is 3.86. The number of hydrogen-bond donors (Lipinski definition) is 3. The van der Waals surface area contributed by atoms with Crippen LogP contribution in [0.2, 0.25) is 0 Å². The minimum atomic E-state index is 0.0963. The summed E-state index contributed by atoms with van der Waals surface area (Å²) < 4.78 is 10.9. The molecular weight excluding hydrogens is 270 g/mol. The Balaban J connectivity index is 1.95. The number of oxime groups is 1. The number of amidine groups is 1. The molecule has 0 spiro atoms. The molecule has 1 aromatic rings. The van der Waals surface area contributed by atoms with Crippen molar-refractivity contribution in [1.29, 1.82) is 0 Å². The van der Waals surface area contributed by atoms with Gasteiger partial charge in [0.2, 0.25) is 0 Å². The quantitative estimate of drug-likeness (QED) is 0.306. The first-order chi connectivity index (χ1) is 10.2. The molecule has 0 aromatic heterocycles. The second kappa shape index (κ2) is 7.28. The van der Waals surface area contributed by atoms with Crippen molar-refractivity contribution in [2.45, 2.75) is 38.5 Å². The van der Waals surface area contributed by atoms with Gasteiger partial charge in [-0.05, 0) is 38.0 Å². The molecule has 4 N–H and O–H groups in total. The van der Waals surface area contributed by atoms with Crippen LogP contribution < -0.4 is 15.8 Å². The van der Waals surface area contributed by atoms with Crippen LogP contribution in [0.25, 0.3) is 0 Å². The zero-order chi connectivity index (χ0) is 15.2. The van der Waals surface area contributed by atoms with E-state index in [4.69, 9.17) is 20.4 Å². The number of methoxy groups -OCH3 is 1. The van der Waals surface area contributed by atoms with Crippen molar-refractivity contribution in [1.82, 2.24) is 5.32 Å². The Bertz CT molecular complexity index is 499. The summed E-state index contributed by atoms with van der Waals surface area (Å²) in [5, 5.41) is 15.3. The fraction of sp³-hybridized carbons (Fsp3) is 0.533. The first-order valence-electron chi connectivity index (χ1n) is 7.17. The molecule has 6 nitrogen and oxygen atoms in total. The smallest absolute Gasteiger partial charge is 0.170 e. The Morgan fingerprint density at radius 3 is 2.86 bits per heavy atom. The molecule has 6 heteroatoms. The Morgan fingerprint density at radius 1 is 1.48 bits per heavy atom. The van der Waals surface area contributed by atoms with Crippen LogP contribution in [0.4, 0.5) is 0 Å². The van der Waals surface area contributed by atoms with Gasteiger partial charge >= 0.3 is 0 Å². The summed E-state index contributed by atoms with van der Waals surface area (Å²) in [5.74, 6) is 0.886. The minimum absolute atomic E-state index is 0.0963. The largest absolute Gasteiger partial charge is 0.496 e. The van der Waals surface area contributed by atoms with Crippen molar-refractivity contribution in [3.8, 4) is 5.75 Å². The molecule has 1 saturated carbocycles. The maximum Gasteiger partial charge on any atom is 0.170 e. The molecule has 1 aliphatic rings. The third-order valence-electron chi connectivity index (χ3n) is 3.76. The summed E-state index contributed by atoms with van der Waals surface area (Å²) >= 11 is 0. The van der Waals surface area contributed by atoms with Crippen LogP contribution in [-0.2, 0) is 11.3 Å². The first kappa shape index (κ1) is 15.6. The van der Waals surface area contributed by atoms with E-state index in [1.165, 1.54) is 0 Å². The third-order valence-corrected chi connectivity index (χ3v) is 3.76. The standard InChI is InChI=1S/C15H23N3O3/c1-3-21-13-7-12(8-13)17-9-11-6-10(15(16)18-19)4-5-14(11)20-2/h4-6,12-13,17,19H,3,7-9H2,1-2H3,(H2,16,18). The maximum atomic E-state index is 8.75. The van der Waals surface area contributed by atoms with E-state index < -0.39 is 0 Å². The molecule has 116 valence electrons. The van der Waals surface area contributed by atoms with Gasteiger partial charge in [0.25, 0.3) is 0 Å². The molecule has 2 rings (SSSR count). The summed E-state index contributed by atoms with van der Waals surface area (Å²) in [6.45, 7) is 3.47. The number of nitrogens with zero attached hydrogens (tertiary/aromatic N) is 1. The number of nitrogens with one attached hydrogen (secondary N) is 1. The van der Waals surface area contributed by atoms with Crippen molar-refractivity contribution < 1.29 is 14.7 Å². The number of nitrogens with two attached hydrogens (primary N) is 1. The second-order valence-corrected chi connectivity index (χ2v) is 5.14. The summed E-state index contributed by atoms with van der Waals surface area (Å²) in [6, 6.07) is 5.94. The predicted octanol–water partition coefficient (Wildman–Crippen LogP) is 1.45. The van der Waals surface area contributed by atoms with Crippen molar-refractivity contribution in [2.75, 3.05) is 13.7 Å². The van der Waals surface area contributed by atoms with Gasteiger partial charge in [-0.1, -0.05) is 5.16 Å². The molecule has 0 heterocycles. The number of rotatable bonds is 7. The highest BCUT2D eigenvalue weighted by Gasteiger charge is 2.29. The average Bonchev–Trinajstić information content (AvgIpc) is 2.48.